The second-order valence-corrected chi connectivity index (χ2v) is 4.97. The van der Waals surface area contributed by atoms with Crippen LogP contribution >= 0.6 is 11.6 Å². The molecule has 1 aliphatic carbocycles. The minimum Gasteiger partial charge on any atom is -0.381 e. The van der Waals surface area contributed by atoms with Crippen molar-refractivity contribution in [2.45, 2.75) is 31.4 Å². The molecule has 1 heterocycles. The summed E-state index contributed by atoms with van der Waals surface area (Å²) in [5, 5.41) is 3.49. The van der Waals surface area contributed by atoms with Crippen molar-refractivity contribution in [1.29, 1.82) is 0 Å². The maximum absolute atomic E-state index is 5.88. The van der Waals surface area contributed by atoms with E-state index in [1.54, 1.807) is 12.0 Å². The van der Waals surface area contributed by atoms with Crippen LogP contribution in [0.25, 0.3) is 0 Å². The fourth-order valence-corrected chi connectivity index (χ4v) is 2.23. The highest BCUT2D eigenvalue weighted by atomic mass is 35.5. The van der Waals surface area contributed by atoms with Crippen molar-refractivity contribution in [2.24, 2.45) is 0 Å². The summed E-state index contributed by atoms with van der Waals surface area (Å²) in [6.45, 7) is 0. The Morgan fingerprint density at radius 3 is 2.67 bits per heavy atom. The van der Waals surface area contributed by atoms with Gasteiger partial charge in [0, 0.05) is 27.2 Å². The van der Waals surface area contributed by atoms with Crippen molar-refractivity contribution >= 4 is 23.5 Å². The average molecular weight is 272 g/mol. The van der Waals surface area contributed by atoms with Gasteiger partial charge in [-0.3, -0.25) is 0 Å². The third kappa shape index (κ3) is 3.20. The Hall–Kier alpha value is -1.14. The number of methoxy groups -OCH3 is 1. The predicted molar refractivity (Wildman–Crippen MR) is 71.2 cm³/mol. The maximum atomic E-state index is 5.88. The zero-order valence-electron chi connectivity index (χ0n) is 10.9. The lowest BCUT2D eigenvalue weighted by molar-refractivity contribution is 0.108. The highest BCUT2D eigenvalue weighted by Gasteiger charge is 2.25. The molecule has 2 atom stereocenters. The molecular weight excluding hydrogens is 254 g/mol. The van der Waals surface area contributed by atoms with E-state index in [2.05, 4.69) is 20.3 Å². The van der Waals surface area contributed by atoms with Gasteiger partial charge in [-0.05, 0) is 30.9 Å². The molecule has 1 fully saturated rings. The molecule has 6 nitrogen and oxygen atoms in total. The highest BCUT2D eigenvalue weighted by molar-refractivity contribution is 6.28. The van der Waals surface area contributed by atoms with E-state index in [4.69, 9.17) is 16.3 Å². The van der Waals surface area contributed by atoms with Gasteiger partial charge in [-0.25, -0.2) is 0 Å². The summed E-state index contributed by atoms with van der Waals surface area (Å²) in [5.41, 5.74) is 0. The van der Waals surface area contributed by atoms with Gasteiger partial charge >= 0.3 is 0 Å². The number of rotatable bonds is 4. The van der Waals surface area contributed by atoms with Crippen LogP contribution in [0.5, 0.6) is 0 Å². The van der Waals surface area contributed by atoms with Crippen molar-refractivity contribution < 1.29 is 4.74 Å². The van der Waals surface area contributed by atoms with Crippen LogP contribution in [0.2, 0.25) is 5.28 Å². The summed E-state index contributed by atoms with van der Waals surface area (Å²) in [4.78, 5) is 14.3. The van der Waals surface area contributed by atoms with Gasteiger partial charge in [0.05, 0.1) is 6.10 Å². The molecule has 2 rings (SSSR count). The quantitative estimate of drug-likeness (QED) is 0.897. The molecule has 0 aliphatic heterocycles. The van der Waals surface area contributed by atoms with E-state index in [1.807, 2.05) is 14.1 Å². The van der Waals surface area contributed by atoms with E-state index < -0.39 is 0 Å². The SMILES string of the molecule is COC1CCC(Nc2nc(Cl)nc(N(C)C)n2)C1. The Bertz CT molecular complexity index is 414. The van der Waals surface area contributed by atoms with Gasteiger partial charge in [0.2, 0.25) is 17.2 Å². The van der Waals surface area contributed by atoms with Crippen molar-refractivity contribution in [3.8, 4) is 0 Å². The van der Waals surface area contributed by atoms with Crippen LogP contribution in [0.4, 0.5) is 11.9 Å². The molecule has 2 unspecified atom stereocenters. The molecular formula is C11H18ClN5O. The Morgan fingerprint density at radius 2 is 2.06 bits per heavy atom. The lowest BCUT2D eigenvalue weighted by Crippen LogP contribution is -2.21. The molecule has 1 aliphatic rings. The molecule has 0 aromatic carbocycles. The Kier molecular flexibility index (Phi) is 4.19. The fraction of sp³-hybridized carbons (Fsp3) is 0.727. The molecule has 0 amide bonds. The van der Waals surface area contributed by atoms with Crippen LogP contribution in [0, 0.1) is 0 Å². The number of anilines is 2. The van der Waals surface area contributed by atoms with E-state index >= 15 is 0 Å². The van der Waals surface area contributed by atoms with E-state index in [9.17, 15) is 0 Å². The van der Waals surface area contributed by atoms with Crippen molar-refractivity contribution in [2.75, 3.05) is 31.4 Å². The third-order valence-corrected chi connectivity index (χ3v) is 3.22. The predicted octanol–water partition coefficient (Wildman–Crippen LogP) is 1.57. The van der Waals surface area contributed by atoms with Crippen LogP contribution in [0.1, 0.15) is 19.3 Å². The summed E-state index contributed by atoms with van der Waals surface area (Å²) in [5.74, 6) is 1.08. The maximum Gasteiger partial charge on any atom is 0.230 e. The fourth-order valence-electron chi connectivity index (χ4n) is 2.07. The minimum absolute atomic E-state index is 0.206. The zero-order valence-corrected chi connectivity index (χ0v) is 11.6. The van der Waals surface area contributed by atoms with Crippen LogP contribution < -0.4 is 10.2 Å². The summed E-state index contributed by atoms with van der Waals surface area (Å²) in [6, 6.07) is 0.337. The molecule has 0 bridgehead atoms. The first kappa shape index (κ1) is 13.3. The second-order valence-electron chi connectivity index (χ2n) is 4.63. The third-order valence-electron chi connectivity index (χ3n) is 3.05. The van der Waals surface area contributed by atoms with E-state index in [-0.39, 0.29) is 5.28 Å². The first-order valence-electron chi connectivity index (χ1n) is 5.96. The zero-order chi connectivity index (χ0) is 13.1. The van der Waals surface area contributed by atoms with Crippen LogP contribution in [-0.4, -0.2) is 48.3 Å². The number of hydrogen-bond donors (Lipinski definition) is 1. The first-order valence-corrected chi connectivity index (χ1v) is 6.34. The monoisotopic (exact) mass is 271 g/mol. The summed E-state index contributed by atoms with van der Waals surface area (Å²) >= 11 is 5.88. The number of nitrogens with one attached hydrogen (secondary N) is 1. The first-order chi connectivity index (χ1) is 8.58. The van der Waals surface area contributed by atoms with E-state index in [1.165, 1.54) is 0 Å². The van der Waals surface area contributed by atoms with Gasteiger partial charge in [0.15, 0.2) is 0 Å². The topological polar surface area (TPSA) is 63.2 Å². The molecule has 18 heavy (non-hydrogen) atoms. The van der Waals surface area contributed by atoms with E-state index in [0.717, 1.165) is 19.3 Å². The van der Waals surface area contributed by atoms with Gasteiger partial charge in [-0.2, -0.15) is 15.0 Å². The van der Waals surface area contributed by atoms with Gasteiger partial charge < -0.3 is 15.0 Å². The largest absolute Gasteiger partial charge is 0.381 e. The summed E-state index contributed by atoms with van der Waals surface area (Å²) < 4.78 is 5.34. The standard InChI is InChI=1S/C11H18ClN5O/c1-17(2)11-15-9(12)14-10(16-11)13-7-4-5-8(6-7)18-3/h7-8H,4-6H2,1-3H3,(H,13,14,15,16). The number of ether oxygens (including phenoxy) is 1. The number of halogens is 1. The molecule has 100 valence electrons. The lowest BCUT2D eigenvalue weighted by atomic mass is 10.2. The number of nitrogens with zero attached hydrogens (tertiary/aromatic N) is 4. The number of hydrogen-bond acceptors (Lipinski definition) is 6. The van der Waals surface area contributed by atoms with Gasteiger partial charge in [0.1, 0.15) is 0 Å². The molecule has 7 heteroatoms. The summed E-state index contributed by atoms with van der Waals surface area (Å²) in [7, 11) is 5.48. The Morgan fingerprint density at radius 1 is 1.28 bits per heavy atom. The number of aromatic nitrogens is 3. The second kappa shape index (κ2) is 5.67. The van der Waals surface area contributed by atoms with Crippen LogP contribution in [0.15, 0.2) is 0 Å². The molecule has 0 saturated heterocycles. The van der Waals surface area contributed by atoms with Crippen LogP contribution in [-0.2, 0) is 4.74 Å². The van der Waals surface area contributed by atoms with Crippen molar-refractivity contribution in [3.63, 3.8) is 0 Å². The van der Waals surface area contributed by atoms with Crippen LogP contribution in [0.3, 0.4) is 0 Å². The molecule has 0 spiro atoms. The van der Waals surface area contributed by atoms with Crippen molar-refractivity contribution in [3.05, 3.63) is 5.28 Å². The van der Waals surface area contributed by atoms with Gasteiger partial charge in [-0.15, -0.1) is 0 Å². The van der Waals surface area contributed by atoms with Crippen molar-refractivity contribution in [1.82, 2.24) is 15.0 Å². The van der Waals surface area contributed by atoms with Gasteiger partial charge in [-0.1, -0.05) is 0 Å². The molecule has 0 radical (unpaired) electrons. The molecule has 1 saturated carbocycles. The lowest BCUT2D eigenvalue weighted by Gasteiger charge is -2.15. The molecule has 1 aromatic heterocycles. The Balaban J connectivity index is 2.05. The normalized spacial score (nSPS) is 23.1. The smallest absolute Gasteiger partial charge is 0.230 e. The molecule has 1 N–H and O–H groups in total. The minimum atomic E-state index is 0.206. The highest BCUT2D eigenvalue weighted by Crippen LogP contribution is 2.24. The average Bonchev–Trinajstić information content (AvgIpc) is 2.76. The molecule has 1 aromatic rings. The Labute approximate surface area is 112 Å². The van der Waals surface area contributed by atoms with Gasteiger partial charge in [0.25, 0.3) is 0 Å². The van der Waals surface area contributed by atoms with E-state index in [0.29, 0.717) is 24.0 Å². The summed E-state index contributed by atoms with van der Waals surface area (Å²) in [6.07, 6.45) is 3.41.